The fraction of sp³-hybridized carbons (Fsp3) is 0.385. The molecule has 10 heteroatoms. The van der Waals surface area contributed by atoms with Crippen LogP contribution in [0.4, 0.5) is 19.0 Å². The second-order valence-electron chi connectivity index (χ2n) is 8.69. The number of halogens is 3. The monoisotopic (exact) mass is 502 g/mol. The van der Waals surface area contributed by atoms with Crippen molar-refractivity contribution in [1.82, 2.24) is 14.7 Å². The number of fused-ring (bicyclic) bond motifs is 2. The summed E-state index contributed by atoms with van der Waals surface area (Å²) in [5.41, 5.74) is 0.406. The van der Waals surface area contributed by atoms with Crippen molar-refractivity contribution in [3.63, 3.8) is 0 Å². The molecule has 2 N–H and O–H groups in total. The van der Waals surface area contributed by atoms with Crippen LogP contribution in [0.5, 0.6) is 0 Å². The number of benzene rings is 1. The highest BCUT2D eigenvalue weighted by Gasteiger charge is 2.35. The number of alkyl halides is 3. The van der Waals surface area contributed by atoms with Crippen molar-refractivity contribution in [2.45, 2.75) is 65.2 Å². The molecule has 36 heavy (non-hydrogen) atoms. The van der Waals surface area contributed by atoms with Gasteiger partial charge in [-0.15, -0.1) is 0 Å². The number of hydrogen-bond acceptors (Lipinski definition) is 5. The topological polar surface area (TPSA) is 92.6 Å². The molecule has 0 saturated heterocycles. The minimum atomic E-state index is -4.51. The smallest absolute Gasteiger partial charge is 0.368 e. The molecule has 192 valence electrons. The molecule has 0 aliphatic heterocycles. The molecule has 7 nitrogen and oxygen atoms in total. The third-order valence-corrected chi connectivity index (χ3v) is 6.45. The van der Waals surface area contributed by atoms with Crippen LogP contribution < -0.4 is 10.6 Å². The van der Waals surface area contributed by atoms with Crippen LogP contribution in [0.15, 0.2) is 42.6 Å². The van der Waals surface area contributed by atoms with Crippen molar-refractivity contribution >= 4 is 28.9 Å². The van der Waals surface area contributed by atoms with Gasteiger partial charge >= 0.3 is 6.18 Å². The highest BCUT2D eigenvalue weighted by Crippen LogP contribution is 2.30. The third-order valence-electron chi connectivity index (χ3n) is 6.45. The van der Waals surface area contributed by atoms with Crippen LogP contribution >= 0.6 is 0 Å². The predicted molar refractivity (Wildman–Crippen MR) is 130 cm³/mol. The molecular weight excluding hydrogens is 473 g/mol. The Hall–Kier alpha value is -3.69. The molecule has 1 aromatic carbocycles. The van der Waals surface area contributed by atoms with E-state index in [1.807, 2.05) is 0 Å². The van der Waals surface area contributed by atoms with E-state index in [0.29, 0.717) is 48.2 Å². The number of ketones is 2. The number of amides is 1. The quantitative estimate of drug-likeness (QED) is 0.485. The van der Waals surface area contributed by atoms with Gasteiger partial charge in [0.05, 0.1) is 0 Å². The largest absolute Gasteiger partial charge is 0.434 e. The molecule has 2 aliphatic rings. The first-order valence-corrected chi connectivity index (χ1v) is 11.0. The molecule has 0 radical (unpaired) electrons. The van der Waals surface area contributed by atoms with E-state index in [1.165, 1.54) is 10.5 Å². The van der Waals surface area contributed by atoms with Crippen molar-refractivity contribution in [1.29, 1.82) is 0 Å². The number of anilines is 1. The van der Waals surface area contributed by atoms with Crippen LogP contribution in [0, 0.1) is 0 Å². The predicted octanol–water partition coefficient (Wildman–Crippen LogP) is 5.09. The van der Waals surface area contributed by atoms with Crippen molar-refractivity contribution in [3.05, 3.63) is 65.0 Å². The van der Waals surface area contributed by atoms with Gasteiger partial charge in [-0.3, -0.25) is 18.8 Å². The maximum atomic E-state index is 13.0. The maximum Gasteiger partial charge on any atom is 0.434 e. The summed E-state index contributed by atoms with van der Waals surface area (Å²) in [6, 6.07) is 9.64. The summed E-state index contributed by atoms with van der Waals surface area (Å²) >= 11 is 0. The lowest BCUT2D eigenvalue weighted by Gasteiger charge is -2.30. The summed E-state index contributed by atoms with van der Waals surface area (Å²) in [6.45, 7) is 0. The standard InChI is InChI=1S/C24H21F3N4O3.2CH4/c25-24(26,27)19-12-31-20(5-2-6-21(31)30-19)28-13-7-9-14(10-8-13)29-23(34)16-4-1-3-15-17(16)11-18(32)22(15)33;;/h1-6,12-14,28H,7-11H2,(H,29,34);2*1H4. The van der Waals surface area contributed by atoms with E-state index < -0.39 is 23.4 Å². The minimum Gasteiger partial charge on any atom is -0.368 e. The second-order valence-corrected chi connectivity index (χ2v) is 8.69. The Kier molecular flexibility index (Phi) is 7.56. The van der Waals surface area contributed by atoms with Gasteiger partial charge in [-0.25, -0.2) is 4.98 Å². The van der Waals surface area contributed by atoms with E-state index in [1.54, 1.807) is 30.3 Å². The molecule has 5 rings (SSSR count). The van der Waals surface area contributed by atoms with E-state index in [9.17, 15) is 27.6 Å². The molecule has 2 aromatic heterocycles. The molecule has 0 atom stereocenters. The molecule has 0 spiro atoms. The van der Waals surface area contributed by atoms with Gasteiger partial charge in [0.25, 0.3) is 5.91 Å². The Morgan fingerprint density at radius 3 is 2.33 bits per heavy atom. The Morgan fingerprint density at radius 2 is 1.64 bits per heavy atom. The highest BCUT2D eigenvalue weighted by molar-refractivity contribution is 6.47. The van der Waals surface area contributed by atoms with Crippen molar-refractivity contribution < 1.29 is 27.6 Å². The van der Waals surface area contributed by atoms with Gasteiger partial charge in [0.15, 0.2) is 5.69 Å². The number of rotatable bonds is 4. The first-order valence-electron chi connectivity index (χ1n) is 11.0. The number of nitrogens with zero attached hydrogens (tertiary/aromatic N) is 2. The third kappa shape index (κ3) is 4.98. The fourth-order valence-electron chi connectivity index (χ4n) is 4.71. The number of imidazole rings is 1. The number of aromatic nitrogens is 2. The lowest BCUT2D eigenvalue weighted by atomic mass is 9.90. The number of carbonyl (C=O) groups excluding carboxylic acids is 3. The molecule has 2 aliphatic carbocycles. The van der Waals surface area contributed by atoms with Gasteiger partial charge in [-0.2, -0.15) is 13.2 Å². The molecule has 3 aromatic rings. The Morgan fingerprint density at radius 1 is 0.972 bits per heavy atom. The zero-order valence-corrected chi connectivity index (χ0v) is 18.0. The molecule has 1 amide bonds. The van der Waals surface area contributed by atoms with Crippen LogP contribution in [-0.2, 0) is 17.4 Å². The van der Waals surface area contributed by atoms with Crippen molar-refractivity contribution in [3.8, 4) is 0 Å². The fourth-order valence-corrected chi connectivity index (χ4v) is 4.71. The van der Waals surface area contributed by atoms with E-state index in [4.69, 9.17) is 0 Å². The summed E-state index contributed by atoms with van der Waals surface area (Å²) in [4.78, 5) is 40.2. The first-order chi connectivity index (χ1) is 16.2. The van der Waals surface area contributed by atoms with E-state index in [-0.39, 0.29) is 44.9 Å². The van der Waals surface area contributed by atoms with E-state index in [2.05, 4.69) is 15.6 Å². The lowest BCUT2D eigenvalue weighted by molar-refractivity contribution is -0.140. The van der Waals surface area contributed by atoms with Crippen molar-refractivity contribution in [2.75, 3.05) is 5.32 Å². The number of hydrogen-bond donors (Lipinski definition) is 2. The van der Waals surface area contributed by atoms with Crippen LogP contribution in [0.2, 0.25) is 0 Å². The average Bonchev–Trinajstić information content (AvgIpc) is 3.37. The first kappa shape index (κ1) is 26.9. The second kappa shape index (κ2) is 10.1. The van der Waals surface area contributed by atoms with Gasteiger partial charge < -0.3 is 10.6 Å². The summed E-state index contributed by atoms with van der Waals surface area (Å²) in [5.74, 6) is -0.829. The van der Waals surface area contributed by atoms with Crippen LogP contribution in [0.3, 0.4) is 0 Å². The molecule has 2 heterocycles. The van der Waals surface area contributed by atoms with Gasteiger partial charge in [0.1, 0.15) is 11.5 Å². The highest BCUT2D eigenvalue weighted by atomic mass is 19.4. The van der Waals surface area contributed by atoms with Gasteiger partial charge in [-0.1, -0.05) is 33.1 Å². The molecule has 0 unspecified atom stereocenters. The Balaban J connectivity index is 0.00000180. The molecule has 1 saturated carbocycles. The van der Waals surface area contributed by atoms with Gasteiger partial charge in [0.2, 0.25) is 11.6 Å². The van der Waals surface area contributed by atoms with E-state index in [0.717, 1.165) is 6.20 Å². The lowest BCUT2D eigenvalue weighted by Crippen LogP contribution is -2.40. The molecular formula is C26H29F3N4O3. The van der Waals surface area contributed by atoms with Gasteiger partial charge in [0, 0.05) is 35.8 Å². The number of nitrogens with one attached hydrogen (secondary N) is 2. The number of Topliss-reactive ketones (excluding diaryl/α,β-unsaturated/α-hetero) is 2. The SMILES string of the molecule is C.C.O=C1Cc2c(C(=O)NC3CCC(Nc4cccc5nc(C(F)(F)F)cn45)CC3)cccc2C1=O. The number of carbonyl (C=O) groups is 3. The molecule has 1 fully saturated rings. The van der Waals surface area contributed by atoms with Crippen LogP contribution in [0.1, 0.15) is 72.5 Å². The molecule has 0 bridgehead atoms. The van der Waals surface area contributed by atoms with Crippen molar-refractivity contribution in [2.24, 2.45) is 0 Å². The summed E-state index contributed by atoms with van der Waals surface area (Å²) in [6.07, 6.45) is -0.785. The maximum absolute atomic E-state index is 13.0. The van der Waals surface area contributed by atoms with Gasteiger partial charge in [-0.05, 0) is 49.4 Å². The summed E-state index contributed by atoms with van der Waals surface area (Å²) in [5, 5.41) is 6.30. The minimum absolute atomic E-state index is 0. The number of pyridine rings is 1. The summed E-state index contributed by atoms with van der Waals surface area (Å²) in [7, 11) is 0. The zero-order valence-electron chi connectivity index (χ0n) is 18.0. The Labute approximate surface area is 207 Å². The van der Waals surface area contributed by atoms with E-state index >= 15 is 0 Å². The Bertz CT molecular complexity index is 1310. The zero-order chi connectivity index (χ0) is 24.0. The summed E-state index contributed by atoms with van der Waals surface area (Å²) < 4.78 is 40.5. The van der Waals surface area contributed by atoms with Crippen LogP contribution in [-0.4, -0.2) is 38.9 Å². The average molecular weight is 503 g/mol. The van der Waals surface area contributed by atoms with Crippen LogP contribution in [0.25, 0.3) is 5.65 Å². The normalized spacial score (nSPS) is 19.3.